The van der Waals surface area contributed by atoms with E-state index in [2.05, 4.69) is 5.32 Å². The summed E-state index contributed by atoms with van der Waals surface area (Å²) in [6.07, 6.45) is -5.97. The third kappa shape index (κ3) is 3.30. The second-order valence-electron chi connectivity index (χ2n) is 5.45. The number of nitrogens with one attached hydrogen (secondary N) is 1. The van der Waals surface area contributed by atoms with Crippen molar-refractivity contribution >= 4 is 12.1 Å². The molecule has 104 valence electrons. The number of aliphatic carboxylic acids is 1. The Morgan fingerprint density at radius 1 is 1.28 bits per heavy atom. The van der Waals surface area contributed by atoms with E-state index in [-0.39, 0.29) is 0 Å². The normalized spacial score (nSPS) is 26.7. The van der Waals surface area contributed by atoms with Gasteiger partial charge in [0, 0.05) is 12.8 Å². The fraction of sp³-hybridized carbons (Fsp3) is 0.818. The first kappa shape index (κ1) is 14.7. The molecule has 0 spiro atoms. The van der Waals surface area contributed by atoms with Gasteiger partial charge in [-0.15, -0.1) is 0 Å². The van der Waals surface area contributed by atoms with Crippen molar-refractivity contribution in [3.05, 3.63) is 0 Å². The number of rotatable bonds is 2. The summed E-state index contributed by atoms with van der Waals surface area (Å²) in [5.41, 5.74) is -2.74. The number of carboxylic acids is 1. The molecule has 0 aromatic rings. The number of carbonyl (C=O) groups excluding carboxylic acids is 1. The Morgan fingerprint density at radius 3 is 2.06 bits per heavy atom. The van der Waals surface area contributed by atoms with Gasteiger partial charge in [0.2, 0.25) is 0 Å². The van der Waals surface area contributed by atoms with Crippen molar-refractivity contribution in [2.45, 2.75) is 57.1 Å². The van der Waals surface area contributed by atoms with E-state index >= 15 is 0 Å². The minimum absolute atomic E-state index is 0.595. The maximum Gasteiger partial charge on any atom is 0.408 e. The number of hydrogen-bond donors (Lipinski definition) is 2. The van der Waals surface area contributed by atoms with Gasteiger partial charge in [0.25, 0.3) is 0 Å². The van der Waals surface area contributed by atoms with Crippen LogP contribution in [0, 0.1) is 0 Å². The highest BCUT2D eigenvalue weighted by atomic mass is 19.2. The number of carbonyl (C=O) groups is 2. The number of alkyl halides is 2. The molecule has 0 aliphatic heterocycles. The van der Waals surface area contributed by atoms with Crippen molar-refractivity contribution in [1.82, 2.24) is 5.32 Å². The molecular formula is C11H17F2NO4. The summed E-state index contributed by atoms with van der Waals surface area (Å²) in [7, 11) is 0. The van der Waals surface area contributed by atoms with Gasteiger partial charge in [-0.3, -0.25) is 0 Å². The standard InChI is InChI=1S/C11H17F2NO4/c1-10(2,3)18-9(17)14-11(8(15)16)4-6(12)7(13)5-11/h6-7H,4-5H2,1-3H3,(H,14,17)(H,15,16)/t6-,7-/m1/s1. The van der Waals surface area contributed by atoms with Gasteiger partial charge in [-0.05, 0) is 20.8 Å². The number of hydrogen-bond acceptors (Lipinski definition) is 3. The number of carboxylic acid groups (broad SMARTS) is 1. The van der Waals surface area contributed by atoms with E-state index < -0.39 is 48.4 Å². The Balaban J connectivity index is 2.77. The molecule has 1 rings (SSSR count). The lowest BCUT2D eigenvalue weighted by Gasteiger charge is -2.27. The monoisotopic (exact) mass is 265 g/mol. The molecular weight excluding hydrogens is 248 g/mol. The van der Waals surface area contributed by atoms with Gasteiger partial charge in [-0.2, -0.15) is 0 Å². The summed E-state index contributed by atoms with van der Waals surface area (Å²) >= 11 is 0. The number of amides is 1. The second kappa shape index (κ2) is 4.70. The van der Waals surface area contributed by atoms with Gasteiger partial charge in [-0.1, -0.05) is 0 Å². The largest absolute Gasteiger partial charge is 0.479 e. The van der Waals surface area contributed by atoms with E-state index in [0.29, 0.717) is 0 Å². The zero-order valence-electron chi connectivity index (χ0n) is 10.5. The number of alkyl carbamates (subject to hydrolysis) is 1. The fourth-order valence-electron chi connectivity index (χ4n) is 1.83. The van der Waals surface area contributed by atoms with Gasteiger partial charge >= 0.3 is 12.1 Å². The Morgan fingerprint density at radius 2 is 1.72 bits per heavy atom. The van der Waals surface area contributed by atoms with Gasteiger partial charge in [0.15, 0.2) is 0 Å². The molecule has 1 aliphatic rings. The summed E-state index contributed by atoms with van der Waals surface area (Å²) in [4.78, 5) is 22.6. The highest BCUT2D eigenvalue weighted by molar-refractivity contribution is 5.85. The molecule has 0 bridgehead atoms. The van der Waals surface area contributed by atoms with Crippen LogP contribution < -0.4 is 5.32 Å². The third-order valence-corrected chi connectivity index (χ3v) is 2.63. The Bertz CT molecular complexity index is 343. The summed E-state index contributed by atoms with van der Waals surface area (Å²) < 4.78 is 31.1. The Labute approximate surface area is 103 Å². The minimum atomic E-state index is -1.93. The summed E-state index contributed by atoms with van der Waals surface area (Å²) in [5, 5.41) is 11.1. The van der Waals surface area contributed by atoms with Gasteiger partial charge in [0.1, 0.15) is 23.5 Å². The molecule has 2 N–H and O–H groups in total. The molecule has 0 radical (unpaired) electrons. The average molecular weight is 265 g/mol. The maximum absolute atomic E-state index is 13.1. The molecule has 1 amide bonds. The molecule has 7 heteroatoms. The van der Waals surface area contributed by atoms with Crippen molar-refractivity contribution in [2.24, 2.45) is 0 Å². The van der Waals surface area contributed by atoms with E-state index in [1.54, 1.807) is 20.8 Å². The summed E-state index contributed by atoms with van der Waals surface area (Å²) in [6, 6.07) is 0. The van der Waals surface area contributed by atoms with Crippen molar-refractivity contribution in [2.75, 3.05) is 0 Å². The van der Waals surface area contributed by atoms with Crippen LogP contribution in [0.1, 0.15) is 33.6 Å². The topological polar surface area (TPSA) is 75.6 Å². The molecule has 0 heterocycles. The molecule has 1 aliphatic carbocycles. The number of halogens is 2. The SMILES string of the molecule is CC(C)(C)OC(=O)NC1(C(=O)O)C[C@@H](F)[C@H](F)C1. The van der Waals surface area contributed by atoms with Gasteiger partial charge in [-0.25, -0.2) is 18.4 Å². The second-order valence-corrected chi connectivity index (χ2v) is 5.45. The van der Waals surface area contributed by atoms with Crippen LogP contribution in [0.25, 0.3) is 0 Å². The predicted octanol–water partition coefficient (Wildman–Crippen LogP) is 1.80. The third-order valence-electron chi connectivity index (χ3n) is 2.63. The molecule has 5 nitrogen and oxygen atoms in total. The molecule has 18 heavy (non-hydrogen) atoms. The zero-order chi connectivity index (χ0) is 14.1. The van der Waals surface area contributed by atoms with Crippen LogP contribution in [0.2, 0.25) is 0 Å². The van der Waals surface area contributed by atoms with Crippen LogP contribution in [0.4, 0.5) is 13.6 Å². The predicted molar refractivity (Wildman–Crippen MR) is 58.8 cm³/mol. The van der Waals surface area contributed by atoms with Crippen LogP contribution in [-0.4, -0.2) is 40.7 Å². The van der Waals surface area contributed by atoms with E-state index in [4.69, 9.17) is 9.84 Å². The van der Waals surface area contributed by atoms with Crippen LogP contribution in [0.5, 0.6) is 0 Å². The number of ether oxygens (including phenoxy) is 1. The molecule has 1 saturated carbocycles. The molecule has 1 fully saturated rings. The Kier molecular flexibility index (Phi) is 3.83. The molecule has 0 saturated heterocycles. The molecule has 0 aromatic carbocycles. The van der Waals surface area contributed by atoms with E-state index in [1.807, 2.05) is 0 Å². The quantitative estimate of drug-likeness (QED) is 0.798. The van der Waals surface area contributed by atoms with Gasteiger partial charge in [0.05, 0.1) is 0 Å². The van der Waals surface area contributed by atoms with Gasteiger partial charge < -0.3 is 15.2 Å². The van der Waals surface area contributed by atoms with Crippen LogP contribution in [0.15, 0.2) is 0 Å². The van der Waals surface area contributed by atoms with Crippen molar-refractivity contribution < 1.29 is 28.2 Å². The fourth-order valence-corrected chi connectivity index (χ4v) is 1.83. The van der Waals surface area contributed by atoms with E-state index in [9.17, 15) is 18.4 Å². The van der Waals surface area contributed by atoms with Crippen molar-refractivity contribution in [3.63, 3.8) is 0 Å². The van der Waals surface area contributed by atoms with Crippen LogP contribution >= 0.6 is 0 Å². The lowest BCUT2D eigenvalue weighted by atomic mass is 9.98. The first-order valence-electron chi connectivity index (χ1n) is 5.58. The molecule has 0 unspecified atom stereocenters. The lowest BCUT2D eigenvalue weighted by Crippen LogP contribution is -2.54. The summed E-state index contributed by atoms with van der Waals surface area (Å²) in [5.74, 6) is -1.46. The minimum Gasteiger partial charge on any atom is -0.479 e. The average Bonchev–Trinajstić information content (AvgIpc) is 2.39. The smallest absolute Gasteiger partial charge is 0.408 e. The van der Waals surface area contributed by atoms with Crippen molar-refractivity contribution in [1.29, 1.82) is 0 Å². The van der Waals surface area contributed by atoms with Crippen LogP contribution in [-0.2, 0) is 9.53 Å². The zero-order valence-corrected chi connectivity index (χ0v) is 10.5. The molecule has 0 aromatic heterocycles. The molecule has 2 atom stereocenters. The Hall–Kier alpha value is -1.40. The summed E-state index contributed by atoms with van der Waals surface area (Å²) in [6.45, 7) is 4.81. The first-order chi connectivity index (χ1) is 8.06. The van der Waals surface area contributed by atoms with E-state index in [0.717, 1.165) is 0 Å². The van der Waals surface area contributed by atoms with Crippen molar-refractivity contribution in [3.8, 4) is 0 Å². The first-order valence-corrected chi connectivity index (χ1v) is 5.58. The highest BCUT2D eigenvalue weighted by Gasteiger charge is 2.53. The lowest BCUT2D eigenvalue weighted by molar-refractivity contribution is -0.145. The van der Waals surface area contributed by atoms with Crippen LogP contribution in [0.3, 0.4) is 0 Å². The maximum atomic E-state index is 13.1. The highest BCUT2D eigenvalue weighted by Crippen LogP contribution is 2.35. The van der Waals surface area contributed by atoms with E-state index in [1.165, 1.54) is 0 Å².